The number of aliphatic hydroxyl groups excluding tert-OH is 4. The molecule has 2 aromatic carbocycles. The molecule has 10 heteroatoms. The molecule has 0 saturated heterocycles. The summed E-state index contributed by atoms with van der Waals surface area (Å²) in [7, 11) is 0. The summed E-state index contributed by atoms with van der Waals surface area (Å²) in [5.41, 5.74) is 2.98. The Balaban J connectivity index is 1.86. The first-order chi connectivity index (χ1) is 15.0. The van der Waals surface area contributed by atoms with Gasteiger partial charge in [-0.2, -0.15) is 0 Å². The van der Waals surface area contributed by atoms with Crippen molar-refractivity contribution >= 4 is 23.6 Å². The van der Waals surface area contributed by atoms with Crippen molar-refractivity contribution < 1.29 is 39.5 Å². The van der Waals surface area contributed by atoms with Gasteiger partial charge in [0.25, 0.3) is 0 Å². The second-order valence-electron chi connectivity index (χ2n) is 6.61. The molecule has 0 aliphatic rings. The molecule has 0 heterocycles. The lowest BCUT2D eigenvalue weighted by molar-refractivity contribution is 0.0289. The van der Waals surface area contributed by atoms with E-state index < -0.39 is 50.8 Å². The minimum atomic E-state index is -0.968. The van der Waals surface area contributed by atoms with Crippen LogP contribution in [0, 0.1) is 0 Å². The molecule has 0 aromatic heterocycles. The maximum absolute atomic E-state index is 11.7. The van der Waals surface area contributed by atoms with Crippen molar-refractivity contribution in [2.45, 2.75) is 18.6 Å². The lowest BCUT2D eigenvalue weighted by atomic mass is 10.0. The van der Waals surface area contributed by atoms with E-state index in [0.717, 1.165) is 11.1 Å². The molecule has 6 N–H and O–H groups in total. The molecular weight excluding hydrogens is 408 g/mol. The van der Waals surface area contributed by atoms with Crippen LogP contribution in [0.2, 0.25) is 0 Å². The van der Waals surface area contributed by atoms with Crippen LogP contribution in [-0.4, -0.2) is 71.2 Å². The molecule has 10 nitrogen and oxygen atoms in total. The molecule has 0 saturated carbocycles. The van der Waals surface area contributed by atoms with Crippen LogP contribution in [-0.2, 0) is 15.9 Å². The molecule has 0 aliphatic heterocycles. The Morgan fingerprint density at radius 2 is 0.968 bits per heavy atom. The van der Waals surface area contributed by atoms with Crippen molar-refractivity contribution in [3.63, 3.8) is 0 Å². The molecule has 2 aromatic rings. The van der Waals surface area contributed by atoms with Gasteiger partial charge >= 0.3 is 12.2 Å². The number of nitrogens with one attached hydrogen (secondary N) is 2. The molecule has 0 aliphatic carbocycles. The Bertz CT molecular complexity index is 749. The highest BCUT2D eigenvalue weighted by atomic mass is 16.6. The van der Waals surface area contributed by atoms with E-state index in [1.165, 1.54) is 0 Å². The molecule has 168 valence electrons. The maximum Gasteiger partial charge on any atom is 0.412 e. The Hall–Kier alpha value is -3.18. The highest BCUT2D eigenvalue weighted by molar-refractivity contribution is 5.85. The Morgan fingerprint density at radius 3 is 1.26 bits per heavy atom. The highest BCUT2D eigenvalue weighted by Crippen LogP contribution is 2.16. The largest absolute Gasteiger partial charge is 0.441 e. The number of amides is 2. The Labute approximate surface area is 179 Å². The quantitative estimate of drug-likeness (QED) is 0.324. The summed E-state index contributed by atoms with van der Waals surface area (Å²) in [4.78, 5) is 23.4. The van der Waals surface area contributed by atoms with Crippen molar-refractivity contribution in [1.29, 1.82) is 0 Å². The fourth-order valence-corrected chi connectivity index (χ4v) is 2.51. The average molecular weight is 434 g/mol. The smallest absolute Gasteiger partial charge is 0.412 e. The second-order valence-corrected chi connectivity index (χ2v) is 6.61. The lowest BCUT2D eigenvalue weighted by Crippen LogP contribution is -2.28. The van der Waals surface area contributed by atoms with Gasteiger partial charge in [-0.25, -0.2) is 9.59 Å². The normalized spacial score (nSPS) is 10.8. The summed E-state index contributed by atoms with van der Waals surface area (Å²) in [5.74, 6) is 0. The fourth-order valence-electron chi connectivity index (χ4n) is 2.51. The third-order valence-corrected chi connectivity index (χ3v) is 4.17. The summed E-state index contributed by atoms with van der Waals surface area (Å²) in [6.45, 7) is -1.87. The van der Waals surface area contributed by atoms with E-state index in [2.05, 4.69) is 10.6 Å². The molecule has 2 amide bonds. The average Bonchev–Trinajstić information content (AvgIpc) is 2.78. The van der Waals surface area contributed by atoms with Crippen LogP contribution in [0.1, 0.15) is 11.1 Å². The zero-order chi connectivity index (χ0) is 22.6. The van der Waals surface area contributed by atoms with Crippen LogP contribution >= 0.6 is 0 Å². The topological polar surface area (TPSA) is 158 Å². The fraction of sp³-hybridized carbons (Fsp3) is 0.333. The van der Waals surface area contributed by atoms with Gasteiger partial charge in [0.2, 0.25) is 0 Å². The second kappa shape index (κ2) is 12.5. The first kappa shape index (κ1) is 24.1. The maximum atomic E-state index is 11.7. The molecular formula is C21H26N2O8. The number of ether oxygens (including phenoxy) is 2. The first-order valence-electron chi connectivity index (χ1n) is 9.54. The predicted octanol–water partition coefficient (Wildman–Crippen LogP) is 1.08. The number of anilines is 2. The molecule has 0 unspecified atom stereocenters. The van der Waals surface area contributed by atoms with Crippen molar-refractivity contribution in [2.24, 2.45) is 0 Å². The third-order valence-electron chi connectivity index (χ3n) is 4.17. The van der Waals surface area contributed by atoms with Gasteiger partial charge in [0, 0.05) is 11.4 Å². The molecule has 0 fully saturated rings. The van der Waals surface area contributed by atoms with E-state index in [1.54, 1.807) is 24.3 Å². The SMILES string of the molecule is O=C(Nc1ccc(Cc2ccc(NC(=O)OC(CO)CO)cc2)cc1)OC(CO)CO. The summed E-state index contributed by atoms with van der Waals surface area (Å²) in [5, 5.41) is 40.7. The van der Waals surface area contributed by atoms with Gasteiger partial charge in [-0.05, 0) is 41.8 Å². The summed E-state index contributed by atoms with van der Waals surface area (Å²) in [6.07, 6.45) is -2.86. The van der Waals surface area contributed by atoms with Gasteiger partial charge in [-0.1, -0.05) is 24.3 Å². The van der Waals surface area contributed by atoms with Crippen LogP contribution in [0.15, 0.2) is 48.5 Å². The van der Waals surface area contributed by atoms with E-state index in [-0.39, 0.29) is 0 Å². The van der Waals surface area contributed by atoms with Crippen LogP contribution in [0.5, 0.6) is 0 Å². The van der Waals surface area contributed by atoms with Gasteiger partial charge in [0.15, 0.2) is 0 Å². The van der Waals surface area contributed by atoms with E-state index >= 15 is 0 Å². The zero-order valence-electron chi connectivity index (χ0n) is 16.7. The van der Waals surface area contributed by atoms with Crippen molar-refractivity contribution in [2.75, 3.05) is 37.1 Å². The van der Waals surface area contributed by atoms with Crippen LogP contribution in [0.25, 0.3) is 0 Å². The van der Waals surface area contributed by atoms with Crippen molar-refractivity contribution in [3.8, 4) is 0 Å². The van der Waals surface area contributed by atoms with Crippen LogP contribution < -0.4 is 10.6 Å². The number of hydrogen-bond donors (Lipinski definition) is 6. The summed E-state index contributed by atoms with van der Waals surface area (Å²) >= 11 is 0. The molecule has 2 rings (SSSR count). The number of carbonyl (C=O) groups is 2. The third kappa shape index (κ3) is 8.22. The lowest BCUT2D eigenvalue weighted by Gasteiger charge is -2.14. The van der Waals surface area contributed by atoms with Crippen LogP contribution in [0.4, 0.5) is 21.0 Å². The van der Waals surface area contributed by atoms with Crippen LogP contribution in [0.3, 0.4) is 0 Å². The number of rotatable bonds is 10. The van der Waals surface area contributed by atoms with E-state index in [1.807, 2.05) is 24.3 Å². The molecule has 0 bridgehead atoms. The standard InChI is InChI=1S/C21H26N2O8/c24-10-18(11-25)30-20(28)22-16-5-1-14(2-6-16)9-15-3-7-17(8-4-15)23-21(29)31-19(12-26)13-27/h1-8,18-19,24-27H,9-13H2,(H,22,28)(H,23,29). The number of hydrogen-bond acceptors (Lipinski definition) is 8. The molecule has 0 radical (unpaired) electrons. The molecule has 31 heavy (non-hydrogen) atoms. The van der Waals surface area contributed by atoms with Gasteiger partial charge in [0.05, 0.1) is 26.4 Å². The monoisotopic (exact) mass is 434 g/mol. The first-order valence-corrected chi connectivity index (χ1v) is 9.54. The van der Waals surface area contributed by atoms with E-state index in [4.69, 9.17) is 29.9 Å². The number of aliphatic hydroxyl groups is 4. The Morgan fingerprint density at radius 1 is 0.645 bits per heavy atom. The summed E-state index contributed by atoms with van der Waals surface area (Å²) in [6, 6.07) is 14.1. The summed E-state index contributed by atoms with van der Waals surface area (Å²) < 4.78 is 9.67. The number of benzene rings is 2. The predicted molar refractivity (Wildman–Crippen MR) is 112 cm³/mol. The van der Waals surface area contributed by atoms with Gasteiger partial charge < -0.3 is 29.9 Å². The number of carbonyl (C=O) groups excluding carboxylic acids is 2. The molecule has 0 atom stereocenters. The van der Waals surface area contributed by atoms with Gasteiger partial charge in [-0.15, -0.1) is 0 Å². The van der Waals surface area contributed by atoms with E-state index in [0.29, 0.717) is 17.8 Å². The minimum absolute atomic E-state index is 0.468. The minimum Gasteiger partial charge on any atom is -0.441 e. The Kier molecular flexibility index (Phi) is 9.72. The zero-order valence-corrected chi connectivity index (χ0v) is 16.7. The molecule has 0 spiro atoms. The van der Waals surface area contributed by atoms with E-state index in [9.17, 15) is 9.59 Å². The van der Waals surface area contributed by atoms with Gasteiger partial charge in [-0.3, -0.25) is 10.6 Å². The van der Waals surface area contributed by atoms with Crippen molar-refractivity contribution in [1.82, 2.24) is 0 Å². The van der Waals surface area contributed by atoms with Gasteiger partial charge in [0.1, 0.15) is 12.2 Å². The van der Waals surface area contributed by atoms with Crippen molar-refractivity contribution in [3.05, 3.63) is 59.7 Å². The highest BCUT2D eigenvalue weighted by Gasteiger charge is 2.13.